The van der Waals surface area contributed by atoms with E-state index in [9.17, 15) is 9.90 Å². The van der Waals surface area contributed by atoms with Gasteiger partial charge in [0.15, 0.2) is 0 Å². The number of nitrogens with one attached hydrogen (secondary N) is 1. The lowest BCUT2D eigenvalue weighted by molar-refractivity contribution is 0.0851. The first-order chi connectivity index (χ1) is 11.4. The van der Waals surface area contributed by atoms with E-state index in [1.165, 1.54) is 12.8 Å². The molecule has 1 aliphatic rings. The highest BCUT2D eigenvalue weighted by Crippen LogP contribution is 2.38. The van der Waals surface area contributed by atoms with Crippen molar-refractivity contribution in [1.82, 2.24) is 9.88 Å². The molecule has 1 aliphatic carbocycles. The van der Waals surface area contributed by atoms with Crippen molar-refractivity contribution in [3.05, 3.63) is 57.9 Å². The Balaban J connectivity index is 1.72. The molecule has 1 amide bonds. The molecule has 0 radical (unpaired) electrons. The van der Waals surface area contributed by atoms with E-state index in [0.29, 0.717) is 16.6 Å². The quantitative estimate of drug-likeness (QED) is 0.861. The van der Waals surface area contributed by atoms with Crippen LogP contribution in [0.25, 0.3) is 0 Å². The summed E-state index contributed by atoms with van der Waals surface area (Å²) in [6, 6.07) is 9.09. The van der Waals surface area contributed by atoms with Gasteiger partial charge in [-0.15, -0.1) is 0 Å². The Morgan fingerprint density at radius 2 is 1.92 bits per heavy atom. The molecule has 5 heteroatoms. The lowest BCUT2D eigenvalue weighted by Crippen LogP contribution is -2.37. The van der Waals surface area contributed by atoms with E-state index in [1.807, 2.05) is 19.9 Å². The van der Waals surface area contributed by atoms with E-state index in [0.717, 1.165) is 17.0 Å². The molecule has 0 spiro atoms. The first-order valence-corrected chi connectivity index (χ1v) is 8.69. The summed E-state index contributed by atoms with van der Waals surface area (Å²) < 4.78 is 2.25. The van der Waals surface area contributed by atoms with E-state index in [1.54, 1.807) is 31.2 Å². The molecule has 2 aromatic rings. The van der Waals surface area contributed by atoms with Gasteiger partial charge in [-0.05, 0) is 57.4 Å². The maximum absolute atomic E-state index is 12.6. The van der Waals surface area contributed by atoms with Crippen molar-refractivity contribution in [2.24, 2.45) is 0 Å². The van der Waals surface area contributed by atoms with Gasteiger partial charge in [0.1, 0.15) is 0 Å². The number of aliphatic hydroxyl groups excluding tert-OH is 1. The van der Waals surface area contributed by atoms with Gasteiger partial charge in [-0.3, -0.25) is 4.79 Å². The number of rotatable bonds is 5. The standard InChI is InChI=1S/C19H23ClN2O2/c1-11-10-17(13(3)22(11)16-8-9-16)19(24)21-12(2)18(23)14-4-6-15(20)7-5-14/h4-7,10,12,16,18,23H,8-9H2,1-3H3,(H,21,24). The maximum atomic E-state index is 12.6. The SMILES string of the molecule is Cc1cc(C(=O)NC(C)C(O)c2ccc(Cl)cc2)c(C)n1C1CC1. The number of aryl methyl sites for hydroxylation is 1. The molecule has 2 unspecified atom stereocenters. The van der Waals surface area contributed by atoms with E-state index >= 15 is 0 Å². The van der Waals surface area contributed by atoms with E-state index in [2.05, 4.69) is 9.88 Å². The van der Waals surface area contributed by atoms with Crippen molar-refractivity contribution in [2.75, 3.05) is 0 Å². The van der Waals surface area contributed by atoms with Crippen LogP contribution in [0.2, 0.25) is 5.02 Å². The number of amides is 1. The summed E-state index contributed by atoms with van der Waals surface area (Å²) in [5, 5.41) is 14.0. The second-order valence-electron chi connectivity index (χ2n) is 6.64. The fourth-order valence-corrected chi connectivity index (χ4v) is 3.34. The van der Waals surface area contributed by atoms with E-state index in [-0.39, 0.29) is 5.91 Å². The first-order valence-electron chi connectivity index (χ1n) is 8.31. The molecule has 128 valence electrons. The number of aromatic nitrogens is 1. The second kappa shape index (κ2) is 6.61. The maximum Gasteiger partial charge on any atom is 0.253 e. The smallest absolute Gasteiger partial charge is 0.253 e. The number of halogens is 1. The molecule has 24 heavy (non-hydrogen) atoms. The van der Waals surface area contributed by atoms with Crippen LogP contribution in [0.4, 0.5) is 0 Å². The summed E-state index contributed by atoms with van der Waals surface area (Å²) in [7, 11) is 0. The molecule has 0 aliphatic heterocycles. The highest BCUT2D eigenvalue weighted by Gasteiger charge is 2.29. The highest BCUT2D eigenvalue weighted by atomic mass is 35.5. The Morgan fingerprint density at radius 1 is 1.29 bits per heavy atom. The lowest BCUT2D eigenvalue weighted by atomic mass is 10.0. The van der Waals surface area contributed by atoms with Gasteiger partial charge in [-0.1, -0.05) is 23.7 Å². The number of benzene rings is 1. The Hall–Kier alpha value is -1.78. The van der Waals surface area contributed by atoms with Gasteiger partial charge in [0.05, 0.1) is 17.7 Å². The first kappa shape index (κ1) is 17.1. The van der Waals surface area contributed by atoms with Crippen LogP contribution < -0.4 is 5.32 Å². The summed E-state index contributed by atoms with van der Waals surface area (Å²) in [5.74, 6) is -0.143. The lowest BCUT2D eigenvalue weighted by Gasteiger charge is -2.21. The summed E-state index contributed by atoms with van der Waals surface area (Å²) in [6.45, 7) is 5.83. The van der Waals surface area contributed by atoms with E-state index in [4.69, 9.17) is 11.6 Å². The zero-order valence-corrected chi connectivity index (χ0v) is 15.0. The van der Waals surface area contributed by atoms with Crippen LogP contribution in [-0.2, 0) is 0 Å². The monoisotopic (exact) mass is 346 g/mol. The van der Waals surface area contributed by atoms with Gasteiger partial charge in [0.2, 0.25) is 0 Å². The van der Waals surface area contributed by atoms with Gasteiger partial charge in [-0.25, -0.2) is 0 Å². The minimum Gasteiger partial charge on any atom is -0.386 e. The van der Waals surface area contributed by atoms with Gasteiger partial charge in [0.25, 0.3) is 5.91 Å². The number of nitrogens with zero attached hydrogens (tertiary/aromatic N) is 1. The molecule has 1 aromatic heterocycles. The van der Waals surface area contributed by atoms with Gasteiger partial charge >= 0.3 is 0 Å². The van der Waals surface area contributed by atoms with Crippen LogP contribution in [0.15, 0.2) is 30.3 Å². The van der Waals surface area contributed by atoms with Gasteiger partial charge < -0.3 is 15.0 Å². The van der Waals surface area contributed by atoms with Crippen molar-refractivity contribution < 1.29 is 9.90 Å². The molecule has 2 N–H and O–H groups in total. The third-order valence-corrected chi connectivity index (χ3v) is 4.94. The number of carbonyl (C=O) groups is 1. The predicted octanol–water partition coefficient (Wildman–Crippen LogP) is 3.95. The molecule has 3 rings (SSSR count). The van der Waals surface area contributed by atoms with Crippen molar-refractivity contribution in [3.8, 4) is 0 Å². The Bertz CT molecular complexity index is 747. The van der Waals surface area contributed by atoms with Crippen LogP contribution in [0.1, 0.15) is 59.2 Å². The Labute approximate surface area is 147 Å². The fourth-order valence-electron chi connectivity index (χ4n) is 3.21. The number of hydrogen-bond donors (Lipinski definition) is 2. The third kappa shape index (κ3) is 3.35. The van der Waals surface area contributed by atoms with Gasteiger partial charge in [0, 0.05) is 22.5 Å². The molecule has 1 heterocycles. The molecule has 4 nitrogen and oxygen atoms in total. The Morgan fingerprint density at radius 3 is 2.50 bits per heavy atom. The molecule has 1 aromatic carbocycles. The van der Waals surface area contributed by atoms with Crippen molar-refractivity contribution in [1.29, 1.82) is 0 Å². The summed E-state index contributed by atoms with van der Waals surface area (Å²) in [5.41, 5.74) is 3.54. The minimum absolute atomic E-state index is 0.143. The zero-order chi connectivity index (χ0) is 17.4. The molecule has 1 saturated carbocycles. The summed E-state index contributed by atoms with van der Waals surface area (Å²) in [4.78, 5) is 12.6. The minimum atomic E-state index is -0.780. The molecule has 0 bridgehead atoms. The number of aliphatic hydroxyl groups is 1. The predicted molar refractivity (Wildman–Crippen MR) is 95.5 cm³/mol. The molecular formula is C19H23ClN2O2. The van der Waals surface area contributed by atoms with Crippen LogP contribution >= 0.6 is 11.6 Å². The normalized spacial score (nSPS) is 16.7. The molecule has 1 fully saturated rings. The summed E-state index contributed by atoms with van der Waals surface area (Å²) in [6.07, 6.45) is 1.59. The second-order valence-corrected chi connectivity index (χ2v) is 7.08. The average molecular weight is 347 g/mol. The van der Waals surface area contributed by atoms with Crippen molar-refractivity contribution >= 4 is 17.5 Å². The molecular weight excluding hydrogens is 324 g/mol. The molecule has 2 atom stereocenters. The van der Waals surface area contributed by atoms with Crippen molar-refractivity contribution in [2.45, 2.75) is 51.8 Å². The van der Waals surface area contributed by atoms with Crippen LogP contribution in [0, 0.1) is 13.8 Å². The van der Waals surface area contributed by atoms with Crippen LogP contribution in [-0.4, -0.2) is 21.6 Å². The highest BCUT2D eigenvalue weighted by molar-refractivity contribution is 6.30. The largest absolute Gasteiger partial charge is 0.386 e. The van der Waals surface area contributed by atoms with E-state index < -0.39 is 12.1 Å². The average Bonchev–Trinajstić information content (AvgIpc) is 3.32. The number of carbonyl (C=O) groups excluding carboxylic acids is 1. The van der Waals surface area contributed by atoms with Crippen LogP contribution in [0.3, 0.4) is 0 Å². The number of hydrogen-bond acceptors (Lipinski definition) is 2. The van der Waals surface area contributed by atoms with Crippen molar-refractivity contribution in [3.63, 3.8) is 0 Å². The van der Waals surface area contributed by atoms with Crippen LogP contribution in [0.5, 0.6) is 0 Å². The fraction of sp³-hybridized carbons (Fsp3) is 0.421. The molecule has 0 saturated heterocycles. The zero-order valence-electron chi connectivity index (χ0n) is 14.2. The summed E-state index contributed by atoms with van der Waals surface area (Å²) >= 11 is 5.87. The van der Waals surface area contributed by atoms with Gasteiger partial charge in [-0.2, -0.15) is 0 Å². The topological polar surface area (TPSA) is 54.3 Å². The Kier molecular flexibility index (Phi) is 4.70. The third-order valence-electron chi connectivity index (χ3n) is 4.68.